The number of nitrogens with one attached hydrogen (secondary N) is 4. The maximum atomic E-state index is 14.3. The van der Waals surface area contributed by atoms with Crippen molar-refractivity contribution in [2.45, 2.75) is 31.9 Å². The highest BCUT2D eigenvalue weighted by molar-refractivity contribution is 6.34. The molecule has 3 aliphatic heterocycles. The maximum absolute atomic E-state index is 14.3. The Kier molecular flexibility index (Phi) is 11.4. The summed E-state index contributed by atoms with van der Waals surface area (Å²) in [5.41, 5.74) is -0.705. The van der Waals surface area contributed by atoms with Gasteiger partial charge >= 0.3 is 6.18 Å². The number of alkyl halides is 3. The molecular formula is C37H41ClF3N11O4. The van der Waals surface area contributed by atoms with Gasteiger partial charge in [0.05, 0.1) is 39.9 Å². The first kappa shape index (κ1) is 38.9. The number of hydrogen-bond acceptors (Lipinski definition) is 9. The third kappa shape index (κ3) is 8.41. The van der Waals surface area contributed by atoms with Crippen LogP contribution in [0.25, 0.3) is 17.1 Å². The number of hydrogen-bond donors (Lipinski definition) is 4. The Hall–Kier alpha value is -5.33. The van der Waals surface area contributed by atoms with Gasteiger partial charge in [-0.1, -0.05) is 11.6 Å². The van der Waals surface area contributed by atoms with Gasteiger partial charge in [-0.2, -0.15) is 18.3 Å². The molecular weight excluding hydrogens is 755 g/mol. The van der Waals surface area contributed by atoms with E-state index in [2.05, 4.69) is 36.3 Å². The molecule has 0 atom stereocenters. The third-order valence-electron chi connectivity index (χ3n) is 10.4. The van der Waals surface area contributed by atoms with Gasteiger partial charge in [0, 0.05) is 56.9 Å². The summed E-state index contributed by atoms with van der Waals surface area (Å²) in [4.78, 5) is 64.0. The lowest BCUT2D eigenvalue weighted by atomic mass is 9.96. The molecule has 0 aliphatic carbocycles. The van der Waals surface area contributed by atoms with Crippen LogP contribution < -0.4 is 21.3 Å². The molecule has 4 aromatic rings. The average molecular weight is 796 g/mol. The Morgan fingerprint density at radius 1 is 0.821 bits per heavy atom. The van der Waals surface area contributed by atoms with Gasteiger partial charge < -0.3 is 35.6 Å². The van der Waals surface area contributed by atoms with Crippen LogP contribution in [-0.4, -0.2) is 110 Å². The van der Waals surface area contributed by atoms with Gasteiger partial charge in [0.25, 0.3) is 11.8 Å². The van der Waals surface area contributed by atoms with Crippen LogP contribution in [0.4, 0.5) is 24.5 Å². The number of piperidine rings is 2. The first-order valence-corrected chi connectivity index (χ1v) is 18.8. The number of piperazine rings is 1. The highest BCUT2D eigenvalue weighted by Gasteiger charge is 2.39. The monoisotopic (exact) mass is 795 g/mol. The topological polar surface area (TPSA) is 171 Å². The van der Waals surface area contributed by atoms with E-state index in [4.69, 9.17) is 11.6 Å². The number of nitrogens with zero attached hydrogens (tertiary/aromatic N) is 7. The quantitative estimate of drug-likeness (QED) is 0.207. The second kappa shape index (κ2) is 16.4. The molecule has 56 heavy (non-hydrogen) atoms. The summed E-state index contributed by atoms with van der Waals surface area (Å²) in [6, 6.07) is 7.39. The molecule has 3 aromatic heterocycles. The lowest BCUT2D eigenvalue weighted by Gasteiger charge is -2.37. The van der Waals surface area contributed by atoms with E-state index in [0.29, 0.717) is 44.7 Å². The number of carbonyl (C=O) groups excluding carboxylic acids is 4. The first-order valence-electron chi connectivity index (χ1n) is 18.4. The number of pyridine rings is 1. The Balaban J connectivity index is 1.01. The number of anilines is 2. The number of rotatable bonds is 8. The minimum absolute atomic E-state index is 0.00280. The van der Waals surface area contributed by atoms with Crippen molar-refractivity contribution in [1.29, 1.82) is 0 Å². The highest BCUT2D eigenvalue weighted by atomic mass is 35.5. The lowest BCUT2D eigenvalue weighted by molar-refractivity contribution is -0.141. The molecule has 0 unspecified atom stereocenters. The second-order valence-corrected chi connectivity index (χ2v) is 14.5. The van der Waals surface area contributed by atoms with Gasteiger partial charge in [0.1, 0.15) is 0 Å². The summed E-state index contributed by atoms with van der Waals surface area (Å²) in [5, 5.41) is 15.8. The number of amides is 4. The second-order valence-electron chi connectivity index (χ2n) is 14.1. The van der Waals surface area contributed by atoms with Gasteiger partial charge in [-0.15, -0.1) is 0 Å². The van der Waals surface area contributed by atoms with E-state index in [1.807, 2.05) is 4.90 Å². The van der Waals surface area contributed by atoms with Crippen LogP contribution in [0.15, 0.2) is 48.9 Å². The molecule has 296 valence electrons. The van der Waals surface area contributed by atoms with Crippen molar-refractivity contribution in [1.82, 2.24) is 44.7 Å². The Morgan fingerprint density at radius 2 is 1.46 bits per heavy atom. The Labute approximate surface area is 325 Å². The number of benzene rings is 1. The first-order chi connectivity index (χ1) is 26.9. The van der Waals surface area contributed by atoms with E-state index < -0.39 is 17.8 Å². The summed E-state index contributed by atoms with van der Waals surface area (Å²) in [6.45, 7) is 4.72. The van der Waals surface area contributed by atoms with E-state index in [0.717, 1.165) is 56.1 Å². The van der Waals surface area contributed by atoms with E-state index in [-0.39, 0.29) is 68.7 Å². The smallest absolute Gasteiger partial charge is 0.339 e. The minimum atomic E-state index is -4.86. The summed E-state index contributed by atoms with van der Waals surface area (Å²) < 4.78 is 45.0. The summed E-state index contributed by atoms with van der Waals surface area (Å²) >= 11 is 6.51. The fourth-order valence-electron chi connectivity index (χ4n) is 7.26. The molecule has 19 heteroatoms. The minimum Gasteiger partial charge on any atom is -0.339 e. The largest absolute Gasteiger partial charge is 0.435 e. The van der Waals surface area contributed by atoms with Crippen molar-refractivity contribution in [3.05, 3.63) is 71.0 Å². The molecule has 0 saturated carbocycles. The number of carbonyl (C=O) groups is 4. The number of imidazole rings is 1. The molecule has 4 amide bonds. The molecule has 15 nitrogen and oxygen atoms in total. The van der Waals surface area contributed by atoms with Crippen molar-refractivity contribution in [3.63, 3.8) is 0 Å². The Bertz CT molecular complexity index is 2100. The highest BCUT2D eigenvalue weighted by Crippen LogP contribution is 2.37. The van der Waals surface area contributed by atoms with Crippen LogP contribution >= 0.6 is 11.6 Å². The zero-order valence-corrected chi connectivity index (χ0v) is 31.3. The fraction of sp³-hybridized carbons (Fsp3) is 0.432. The standard InChI is InChI=1S/C37H41ClF3N11O4/c1-49-29(27-21-52(48-31(27)37(39,40)41)30-5-3-25(19-44-30)47-33(53)22-6-10-42-11-7-22)20-45-32(49)34(54)46-24-2-4-26(28(38)18-24)36(56)51-16-14-50(15-17-51)35(55)23-8-12-43-13-9-23/h2-5,18-23,42-43H,6-17H2,1H3,(H,46,54)(H,47,53). The normalized spacial score (nSPS) is 17.2. The summed E-state index contributed by atoms with van der Waals surface area (Å²) in [5.74, 6) is -1.30. The maximum Gasteiger partial charge on any atom is 0.435 e. The molecule has 0 spiro atoms. The SMILES string of the molecule is Cn1c(-c2cn(-c3ccc(NC(=O)C4CCNCC4)cn3)nc2C(F)(F)F)cnc1C(=O)Nc1ccc(C(=O)N2CCN(C(=O)C3CCNCC3)CC2)c(Cl)c1. The predicted molar refractivity (Wildman–Crippen MR) is 200 cm³/mol. The number of aromatic nitrogens is 5. The van der Waals surface area contributed by atoms with Crippen LogP contribution in [0.2, 0.25) is 5.02 Å². The van der Waals surface area contributed by atoms with Gasteiger partial charge in [-0.3, -0.25) is 19.2 Å². The van der Waals surface area contributed by atoms with E-state index in [1.54, 1.807) is 4.90 Å². The van der Waals surface area contributed by atoms with Crippen LogP contribution in [0, 0.1) is 11.8 Å². The summed E-state index contributed by atoms with van der Waals surface area (Å²) in [6.07, 6.45) is 1.81. The van der Waals surface area contributed by atoms with Crippen LogP contribution in [0.3, 0.4) is 0 Å². The van der Waals surface area contributed by atoms with E-state index in [9.17, 15) is 32.3 Å². The van der Waals surface area contributed by atoms with Crippen molar-refractivity contribution in [3.8, 4) is 17.1 Å². The molecule has 4 N–H and O–H groups in total. The zero-order chi connectivity index (χ0) is 39.6. The molecule has 0 radical (unpaired) electrons. The molecule has 6 heterocycles. The molecule has 3 fully saturated rings. The van der Waals surface area contributed by atoms with Crippen molar-refractivity contribution in [2.75, 3.05) is 63.0 Å². The lowest BCUT2D eigenvalue weighted by Crippen LogP contribution is -2.52. The molecule has 1 aromatic carbocycles. The van der Waals surface area contributed by atoms with Crippen molar-refractivity contribution < 1.29 is 32.3 Å². The van der Waals surface area contributed by atoms with Crippen LogP contribution in [0.5, 0.6) is 0 Å². The molecule has 3 aliphatic rings. The summed E-state index contributed by atoms with van der Waals surface area (Å²) in [7, 11) is 1.40. The van der Waals surface area contributed by atoms with Crippen LogP contribution in [-0.2, 0) is 22.8 Å². The molecule has 0 bridgehead atoms. The van der Waals surface area contributed by atoms with E-state index in [1.165, 1.54) is 48.1 Å². The number of halogens is 4. The van der Waals surface area contributed by atoms with Gasteiger partial charge in [-0.05, 0) is 82.2 Å². The third-order valence-corrected chi connectivity index (χ3v) is 10.7. The predicted octanol–water partition coefficient (Wildman–Crippen LogP) is 3.81. The zero-order valence-electron chi connectivity index (χ0n) is 30.5. The van der Waals surface area contributed by atoms with Crippen molar-refractivity contribution >= 4 is 46.6 Å². The van der Waals surface area contributed by atoms with E-state index >= 15 is 0 Å². The Morgan fingerprint density at radius 3 is 2.09 bits per heavy atom. The van der Waals surface area contributed by atoms with Gasteiger partial charge in [-0.25, -0.2) is 14.6 Å². The van der Waals surface area contributed by atoms with Gasteiger partial charge in [0.2, 0.25) is 11.8 Å². The van der Waals surface area contributed by atoms with Crippen molar-refractivity contribution in [2.24, 2.45) is 18.9 Å². The fourth-order valence-corrected chi connectivity index (χ4v) is 7.52. The van der Waals surface area contributed by atoms with Crippen LogP contribution in [0.1, 0.15) is 52.4 Å². The van der Waals surface area contributed by atoms with Gasteiger partial charge in [0.15, 0.2) is 17.3 Å². The average Bonchev–Trinajstić information content (AvgIpc) is 3.83. The molecule has 3 saturated heterocycles. The molecule has 7 rings (SSSR count).